The summed E-state index contributed by atoms with van der Waals surface area (Å²) in [5, 5.41) is 5.72. The van der Waals surface area contributed by atoms with E-state index >= 15 is 0 Å². The van der Waals surface area contributed by atoms with Crippen molar-refractivity contribution in [3.63, 3.8) is 0 Å². The molecule has 1 heterocycles. The van der Waals surface area contributed by atoms with Crippen molar-refractivity contribution in [3.05, 3.63) is 35.4 Å². The molecule has 4 heteroatoms. The number of hydrogen-bond donors (Lipinski definition) is 2. The number of carbonyl (C=O) groups is 2. The Hall–Kier alpha value is -1.84. The predicted octanol–water partition coefficient (Wildman–Crippen LogP) is 0.932. The lowest BCUT2D eigenvalue weighted by atomic mass is 10.0. The van der Waals surface area contributed by atoms with Crippen molar-refractivity contribution in [2.24, 2.45) is 0 Å². The highest BCUT2D eigenvalue weighted by molar-refractivity contribution is 5.80. The van der Waals surface area contributed by atoms with Crippen LogP contribution in [0.25, 0.3) is 0 Å². The Balaban J connectivity index is 1.86. The molecule has 0 saturated carbocycles. The number of aryl methyl sites for hydroxylation is 1. The molecule has 1 aliphatic heterocycles. The van der Waals surface area contributed by atoms with E-state index < -0.39 is 0 Å². The highest BCUT2D eigenvalue weighted by atomic mass is 16.2. The van der Waals surface area contributed by atoms with Crippen molar-refractivity contribution in [2.45, 2.75) is 32.2 Å². The monoisotopic (exact) mass is 246 g/mol. The van der Waals surface area contributed by atoms with E-state index in [1.54, 1.807) is 0 Å². The number of benzene rings is 1. The second-order valence-electron chi connectivity index (χ2n) is 4.71. The van der Waals surface area contributed by atoms with Crippen molar-refractivity contribution in [1.82, 2.24) is 10.6 Å². The number of nitrogens with one attached hydrogen (secondary N) is 2. The lowest BCUT2D eigenvalue weighted by Gasteiger charge is -2.23. The summed E-state index contributed by atoms with van der Waals surface area (Å²) in [6, 6.07) is 7.95. The van der Waals surface area contributed by atoms with Crippen LogP contribution >= 0.6 is 0 Å². The molecule has 0 aliphatic carbocycles. The molecule has 18 heavy (non-hydrogen) atoms. The molecule has 0 radical (unpaired) electrons. The summed E-state index contributed by atoms with van der Waals surface area (Å²) in [7, 11) is 0. The lowest BCUT2D eigenvalue weighted by molar-refractivity contribution is -0.125. The number of rotatable bonds is 3. The Morgan fingerprint density at radius 1 is 1.44 bits per heavy atom. The molecule has 2 amide bonds. The molecule has 4 nitrogen and oxygen atoms in total. The minimum absolute atomic E-state index is 0.0189. The van der Waals surface area contributed by atoms with Crippen LogP contribution in [-0.4, -0.2) is 24.4 Å². The minimum atomic E-state index is 0.0189. The second kappa shape index (κ2) is 5.67. The van der Waals surface area contributed by atoms with Gasteiger partial charge < -0.3 is 10.6 Å². The van der Waals surface area contributed by atoms with Gasteiger partial charge in [-0.1, -0.05) is 24.3 Å². The van der Waals surface area contributed by atoms with Crippen LogP contribution in [0.15, 0.2) is 24.3 Å². The van der Waals surface area contributed by atoms with Gasteiger partial charge in [-0.3, -0.25) is 9.59 Å². The van der Waals surface area contributed by atoms with E-state index in [1.807, 2.05) is 31.2 Å². The molecule has 1 unspecified atom stereocenters. The van der Waals surface area contributed by atoms with Gasteiger partial charge in [0.15, 0.2) is 0 Å². The maximum Gasteiger partial charge on any atom is 0.224 e. The van der Waals surface area contributed by atoms with Gasteiger partial charge in [0.25, 0.3) is 0 Å². The van der Waals surface area contributed by atoms with E-state index in [4.69, 9.17) is 0 Å². The molecule has 2 rings (SSSR count). The highest BCUT2D eigenvalue weighted by Gasteiger charge is 2.19. The molecule has 1 aromatic carbocycles. The van der Waals surface area contributed by atoms with Gasteiger partial charge in [0, 0.05) is 19.0 Å². The Morgan fingerprint density at radius 3 is 2.89 bits per heavy atom. The van der Waals surface area contributed by atoms with Gasteiger partial charge in [-0.05, 0) is 24.5 Å². The molecule has 1 atom stereocenters. The Labute approximate surface area is 107 Å². The van der Waals surface area contributed by atoms with E-state index in [2.05, 4.69) is 10.6 Å². The van der Waals surface area contributed by atoms with Crippen molar-refractivity contribution < 1.29 is 9.59 Å². The summed E-state index contributed by atoms with van der Waals surface area (Å²) in [4.78, 5) is 22.9. The Kier molecular flexibility index (Phi) is 3.97. The van der Waals surface area contributed by atoms with Gasteiger partial charge >= 0.3 is 0 Å². The Bertz CT molecular complexity index is 447. The molecule has 1 aliphatic rings. The van der Waals surface area contributed by atoms with Gasteiger partial charge in [-0.2, -0.15) is 0 Å². The third kappa shape index (κ3) is 3.32. The van der Waals surface area contributed by atoms with Gasteiger partial charge in [-0.25, -0.2) is 0 Å². The van der Waals surface area contributed by atoms with E-state index in [-0.39, 0.29) is 17.9 Å². The zero-order valence-electron chi connectivity index (χ0n) is 10.5. The van der Waals surface area contributed by atoms with Gasteiger partial charge in [-0.15, -0.1) is 0 Å². The normalized spacial score (nSPS) is 19.2. The van der Waals surface area contributed by atoms with Crippen molar-refractivity contribution in [2.75, 3.05) is 6.54 Å². The number of amides is 2. The summed E-state index contributed by atoms with van der Waals surface area (Å²) < 4.78 is 0. The first-order valence-corrected chi connectivity index (χ1v) is 6.25. The first kappa shape index (κ1) is 12.6. The molecule has 0 aromatic heterocycles. The number of hydrogen-bond acceptors (Lipinski definition) is 2. The molecule has 1 saturated heterocycles. The molecular formula is C14H18N2O2. The quantitative estimate of drug-likeness (QED) is 0.833. The van der Waals surface area contributed by atoms with Crippen LogP contribution in [0.2, 0.25) is 0 Å². The highest BCUT2D eigenvalue weighted by Crippen LogP contribution is 2.08. The van der Waals surface area contributed by atoms with Crippen molar-refractivity contribution in [3.8, 4) is 0 Å². The van der Waals surface area contributed by atoms with Crippen LogP contribution in [0, 0.1) is 6.92 Å². The third-order valence-electron chi connectivity index (χ3n) is 3.24. The Morgan fingerprint density at radius 2 is 2.22 bits per heavy atom. The third-order valence-corrected chi connectivity index (χ3v) is 3.24. The molecule has 0 spiro atoms. The van der Waals surface area contributed by atoms with E-state index in [0.717, 1.165) is 17.5 Å². The van der Waals surface area contributed by atoms with Crippen LogP contribution in [0.5, 0.6) is 0 Å². The van der Waals surface area contributed by atoms with Crippen LogP contribution in [0.3, 0.4) is 0 Å². The fourth-order valence-corrected chi connectivity index (χ4v) is 2.12. The van der Waals surface area contributed by atoms with Crippen LogP contribution in [-0.2, 0) is 16.0 Å². The summed E-state index contributed by atoms with van der Waals surface area (Å²) >= 11 is 0. The van der Waals surface area contributed by atoms with Crippen LogP contribution in [0.1, 0.15) is 24.0 Å². The number of piperidine rings is 1. The van der Waals surface area contributed by atoms with Crippen LogP contribution in [0.4, 0.5) is 0 Å². The standard InChI is InChI=1S/C14H18N2O2/c1-10-4-2-3-5-11(10)8-14(18)16-12-6-7-13(17)15-9-12/h2-5,12H,6-9H2,1H3,(H,15,17)(H,16,18). The number of carbonyl (C=O) groups excluding carboxylic acids is 2. The topological polar surface area (TPSA) is 58.2 Å². The average molecular weight is 246 g/mol. The zero-order chi connectivity index (χ0) is 13.0. The summed E-state index contributed by atoms with van der Waals surface area (Å²) in [6.45, 7) is 2.54. The predicted molar refractivity (Wildman–Crippen MR) is 69.1 cm³/mol. The average Bonchev–Trinajstić information content (AvgIpc) is 2.35. The van der Waals surface area contributed by atoms with Crippen molar-refractivity contribution >= 4 is 11.8 Å². The van der Waals surface area contributed by atoms with Crippen LogP contribution < -0.4 is 10.6 Å². The molecule has 1 fully saturated rings. The minimum Gasteiger partial charge on any atom is -0.354 e. The van der Waals surface area contributed by atoms with Crippen molar-refractivity contribution in [1.29, 1.82) is 0 Å². The summed E-state index contributed by atoms with van der Waals surface area (Å²) in [5.41, 5.74) is 2.18. The fraction of sp³-hybridized carbons (Fsp3) is 0.429. The summed E-state index contributed by atoms with van der Waals surface area (Å²) in [5.74, 6) is 0.0878. The van der Waals surface area contributed by atoms with E-state index in [0.29, 0.717) is 19.4 Å². The second-order valence-corrected chi connectivity index (χ2v) is 4.71. The molecular weight excluding hydrogens is 228 g/mol. The van der Waals surface area contributed by atoms with E-state index in [9.17, 15) is 9.59 Å². The largest absolute Gasteiger partial charge is 0.354 e. The molecule has 1 aromatic rings. The molecule has 0 bridgehead atoms. The smallest absolute Gasteiger partial charge is 0.224 e. The zero-order valence-corrected chi connectivity index (χ0v) is 10.5. The van der Waals surface area contributed by atoms with Gasteiger partial charge in [0.05, 0.1) is 6.42 Å². The SMILES string of the molecule is Cc1ccccc1CC(=O)NC1CCC(=O)NC1. The fourth-order valence-electron chi connectivity index (χ4n) is 2.12. The van der Waals surface area contributed by atoms with Gasteiger partial charge in [0.1, 0.15) is 0 Å². The first-order valence-electron chi connectivity index (χ1n) is 6.25. The van der Waals surface area contributed by atoms with Gasteiger partial charge in [0.2, 0.25) is 11.8 Å². The lowest BCUT2D eigenvalue weighted by Crippen LogP contribution is -2.48. The first-order chi connectivity index (χ1) is 8.65. The summed E-state index contributed by atoms with van der Waals surface area (Å²) in [6.07, 6.45) is 1.62. The maximum atomic E-state index is 11.9. The van der Waals surface area contributed by atoms with E-state index in [1.165, 1.54) is 0 Å². The maximum absolute atomic E-state index is 11.9. The molecule has 2 N–H and O–H groups in total. The molecule has 96 valence electrons.